The number of fused-ring (bicyclic) bond motifs is 1. The van der Waals surface area contributed by atoms with Crippen LogP contribution in [-0.4, -0.2) is 49.3 Å². The molecule has 0 atom stereocenters. The molecule has 6 nitrogen and oxygen atoms in total. The van der Waals surface area contributed by atoms with Gasteiger partial charge in [-0.15, -0.1) is 0 Å². The lowest BCUT2D eigenvalue weighted by atomic mass is 10.1. The Bertz CT molecular complexity index is 892. The number of nitrogens with zero attached hydrogens (tertiary/aromatic N) is 4. The third kappa shape index (κ3) is 4.21. The van der Waals surface area contributed by atoms with Crippen LogP contribution in [0.3, 0.4) is 0 Å². The molecule has 1 heterocycles. The van der Waals surface area contributed by atoms with E-state index < -0.39 is 10.2 Å². The zero-order valence-corrected chi connectivity index (χ0v) is 16.3. The van der Waals surface area contributed by atoms with Gasteiger partial charge in [0.1, 0.15) is 0 Å². The van der Waals surface area contributed by atoms with Crippen molar-refractivity contribution in [3.05, 3.63) is 35.5 Å². The van der Waals surface area contributed by atoms with Crippen molar-refractivity contribution in [3.63, 3.8) is 0 Å². The van der Waals surface area contributed by atoms with E-state index in [-0.39, 0.29) is 0 Å². The minimum Gasteiger partial charge on any atom is -0.347 e. The van der Waals surface area contributed by atoms with Gasteiger partial charge in [-0.3, -0.25) is 0 Å². The molecule has 0 saturated heterocycles. The number of benzene rings is 1. The number of aromatic nitrogens is 1. The fourth-order valence-electron chi connectivity index (χ4n) is 2.85. The third-order valence-electron chi connectivity index (χ3n) is 4.21. The summed E-state index contributed by atoms with van der Waals surface area (Å²) in [5.41, 5.74) is 2.76. The molecule has 2 aromatic rings. The summed E-state index contributed by atoms with van der Waals surface area (Å²) in [5.74, 6) is 0.478. The van der Waals surface area contributed by atoms with Crippen molar-refractivity contribution >= 4 is 21.1 Å². The maximum Gasteiger partial charge on any atom is 0.281 e. The molecule has 0 aliphatic carbocycles. The van der Waals surface area contributed by atoms with Gasteiger partial charge in [0.25, 0.3) is 10.2 Å². The zero-order valence-electron chi connectivity index (χ0n) is 15.5. The molecule has 0 amide bonds. The van der Waals surface area contributed by atoms with E-state index in [4.69, 9.17) is 5.26 Å². The molecule has 0 aliphatic rings. The van der Waals surface area contributed by atoms with Crippen LogP contribution in [0.15, 0.2) is 24.4 Å². The van der Waals surface area contributed by atoms with E-state index >= 15 is 0 Å². The van der Waals surface area contributed by atoms with Crippen LogP contribution in [0.25, 0.3) is 10.9 Å². The lowest BCUT2D eigenvalue weighted by Gasteiger charge is -2.21. The Balaban J connectivity index is 2.34. The summed E-state index contributed by atoms with van der Waals surface area (Å²) in [5, 5.41) is 10.2. The number of rotatable bonds is 7. The van der Waals surface area contributed by atoms with Crippen LogP contribution in [0, 0.1) is 17.2 Å². The monoisotopic (exact) mass is 362 g/mol. The highest BCUT2D eigenvalue weighted by Gasteiger charge is 2.20. The van der Waals surface area contributed by atoms with Crippen molar-refractivity contribution in [3.8, 4) is 6.07 Å². The van der Waals surface area contributed by atoms with Crippen molar-refractivity contribution < 1.29 is 8.42 Å². The number of hydrogen-bond acceptors (Lipinski definition) is 3. The normalized spacial score (nSPS) is 12.4. The highest BCUT2D eigenvalue weighted by Crippen LogP contribution is 2.24. The highest BCUT2D eigenvalue weighted by molar-refractivity contribution is 7.86. The van der Waals surface area contributed by atoms with E-state index in [1.807, 2.05) is 18.2 Å². The fraction of sp³-hybridized carbons (Fsp3) is 0.500. The zero-order chi connectivity index (χ0) is 18.8. The van der Waals surface area contributed by atoms with Gasteiger partial charge in [-0.1, -0.05) is 19.9 Å². The lowest BCUT2D eigenvalue weighted by molar-refractivity contribution is 0.419. The van der Waals surface area contributed by atoms with E-state index in [1.165, 1.54) is 22.7 Å². The Morgan fingerprint density at radius 3 is 2.48 bits per heavy atom. The summed E-state index contributed by atoms with van der Waals surface area (Å²) in [7, 11) is 1.25. The van der Waals surface area contributed by atoms with E-state index in [0.717, 1.165) is 23.0 Å². The summed E-state index contributed by atoms with van der Waals surface area (Å²) in [6, 6.07) is 7.86. The van der Waals surface area contributed by atoms with Crippen LogP contribution in [0.4, 0.5) is 0 Å². The van der Waals surface area contributed by atoms with Crippen molar-refractivity contribution in [1.82, 2.24) is 13.2 Å². The summed E-state index contributed by atoms with van der Waals surface area (Å²) in [4.78, 5) is 0. The van der Waals surface area contributed by atoms with Crippen LogP contribution in [-0.2, 0) is 23.2 Å². The second kappa shape index (κ2) is 7.56. The molecule has 25 heavy (non-hydrogen) atoms. The molecular weight excluding hydrogens is 336 g/mol. The average molecular weight is 362 g/mol. The molecule has 136 valence electrons. The van der Waals surface area contributed by atoms with E-state index in [2.05, 4.69) is 30.7 Å². The molecule has 0 saturated carbocycles. The lowest BCUT2D eigenvalue weighted by Crippen LogP contribution is -2.38. The van der Waals surface area contributed by atoms with Crippen molar-refractivity contribution in [2.24, 2.45) is 5.92 Å². The van der Waals surface area contributed by atoms with Gasteiger partial charge < -0.3 is 4.57 Å². The predicted octanol–water partition coefficient (Wildman–Crippen LogP) is 2.45. The first-order valence-corrected chi connectivity index (χ1v) is 9.72. The molecule has 0 spiro atoms. The van der Waals surface area contributed by atoms with Gasteiger partial charge >= 0.3 is 0 Å². The Labute approximate surface area is 150 Å². The Morgan fingerprint density at radius 2 is 1.92 bits per heavy atom. The minimum absolute atomic E-state index is 0.404. The molecule has 1 aromatic carbocycles. The van der Waals surface area contributed by atoms with Crippen LogP contribution < -0.4 is 0 Å². The van der Waals surface area contributed by atoms with Crippen molar-refractivity contribution in [2.75, 3.05) is 27.7 Å². The summed E-state index contributed by atoms with van der Waals surface area (Å²) in [6.07, 6.45) is 2.71. The summed E-state index contributed by atoms with van der Waals surface area (Å²) >= 11 is 0. The third-order valence-corrected chi connectivity index (χ3v) is 6.10. The molecule has 0 N–H and O–H groups in total. The Hall–Kier alpha value is -1.88. The number of nitriles is 1. The van der Waals surface area contributed by atoms with E-state index in [1.54, 1.807) is 7.05 Å². The molecule has 0 bridgehead atoms. The molecule has 2 rings (SSSR count). The van der Waals surface area contributed by atoms with Gasteiger partial charge in [-0.05, 0) is 30.0 Å². The van der Waals surface area contributed by atoms with Gasteiger partial charge in [-0.25, -0.2) is 0 Å². The molecule has 1 aromatic heterocycles. The molecule has 0 radical (unpaired) electrons. The first-order chi connectivity index (χ1) is 11.7. The van der Waals surface area contributed by atoms with Gasteiger partial charge in [-0.2, -0.15) is 22.3 Å². The van der Waals surface area contributed by atoms with Gasteiger partial charge in [0.05, 0.1) is 11.6 Å². The van der Waals surface area contributed by atoms with Crippen molar-refractivity contribution in [2.45, 2.75) is 26.8 Å². The Morgan fingerprint density at radius 1 is 1.24 bits per heavy atom. The topological polar surface area (TPSA) is 69.3 Å². The van der Waals surface area contributed by atoms with Crippen LogP contribution in [0.2, 0.25) is 0 Å². The molecule has 0 aliphatic heterocycles. The predicted molar refractivity (Wildman–Crippen MR) is 100 cm³/mol. The maximum atomic E-state index is 12.2. The Kier molecular flexibility index (Phi) is 5.88. The number of likely N-dealkylation sites (N-methyl/N-ethyl adjacent to an activating group) is 1. The fourth-order valence-corrected chi connectivity index (χ4v) is 3.73. The standard InChI is InChI=1S/C18H26N4O2S/c1-14(2)12-22-13-16(8-9-21(5)25(23,24)20(3)4)17-7-6-15(11-19)10-18(17)22/h6-7,10,13-14H,8-9,12H2,1-5H3. The molecule has 0 fully saturated rings. The van der Waals surface area contributed by atoms with Crippen LogP contribution in [0.5, 0.6) is 0 Å². The summed E-state index contributed by atoms with van der Waals surface area (Å²) in [6.45, 7) is 5.56. The second-order valence-corrected chi connectivity index (χ2v) is 9.16. The van der Waals surface area contributed by atoms with Crippen molar-refractivity contribution in [1.29, 1.82) is 5.26 Å². The highest BCUT2D eigenvalue weighted by atomic mass is 32.2. The molecule has 0 unspecified atom stereocenters. The van der Waals surface area contributed by atoms with Crippen LogP contribution >= 0.6 is 0 Å². The SMILES string of the molecule is CC(C)Cn1cc(CCN(C)S(=O)(=O)N(C)C)c2ccc(C#N)cc21. The largest absolute Gasteiger partial charge is 0.347 e. The van der Waals surface area contributed by atoms with E-state index in [9.17, 15) is 8.42 Å². The smallest absolute Gasteiger partial charge is 0.281 e. The maximum absolute atomic E-state index is 12.2. The second-order valence-electron chi connectivity index (χ2n) is 6.91. The van der Waals surface area contributed by atoms with Crippen LogP contribution in [0.1, 0.15) is 25.0 Å². The molecular formula is C18H26N4O2S. The average Bonchev–Trinajstić information content (AvgIpc) is 2.88. The number of hydrogen-bond donors (Lipinski definition) is 0. The quantitative estimate of drug-likeness (QED) is 0.760. The van der Waals surface area contributed by atoms with E-state index in [0.29, 0.717) is 24.4 Å². The molecule has 7 heteroatoms. The van der Waals surface area contributed by atoms with Gasteiger partial charge in [0.15, 0.2) is 0 Å². The van der Waals surface area contributed by atoms with Gasteiger partial charge in [0, 0.05) is 51.3 Å². The first kappa shape index (κ1) is 19.4. The minimum atomic E-state index is -3.41. The van der Waals surface area contributed by atoms with Gasteiger partial charge in [0.2, 0.25) is 0 Å². The first-order valence-electron chi connectivity index (χ1n) is 8.32. The summed E-state index contributed by atoms with van der Waals surface area (Å²) < 4.78 is 29.1.